The molecule has 0 aliphatic heterocycles. The first-order valence-electron chi connectivity index (χ1n) is 5.01. The van der Waals surface area contributed by atoms with Crippen LogP contribution in [0, 0.1) is 23.7 Å². The van der Waals surface area contributed by atoms with Crippen molar-refractivity contribution in [2.75, 3.05) is 0 Å². The van der Waals surface area contributed by atoms with E-state index in [0.717, 1.165) is 9.88 Å². The zero-order chi connectivity index (χ0) is 12.3. The van der Waals surface area contributed by atoms with E-state index in [0.29, 0.717) is 0 Å². The lowest BCUT2D eigenvalue weighted by Crippen LogP contribution is -2.37. The highest BCUT2D eigenvalue weighted by molar-refractivity contribution is 7.11. The summed E-state index contributed by atoms with van der Waals surface area (Å²) in [6.07, 6.45) is 1.78. The summed E-state index contributed by atoms with van der Waals surface area (Å²) in [4.78, 5) is 17.0. The Morgan fingerprint density at radius 2 is 2.31 bits per heavy atom. The van der Waals surface area contributed by atoms with Crippen LogP contribution in [-0.2, 0) is 4.79 Å². The van der Waals surface area contributed by atoms with Gasteiger partial charge in [-0.3, -0.25) is 4.79 Å². The Balaban J connectivity index is 2.70. The lowest BCUT2D eigenvalue weighted by atomic mass is 9.94. The molecule has 1 unspecified atom stereocenters. The quantitative estimate of drug-likeness (QED) is 0.876. The first-order chi connectivity index (χ1) is 7.36. The molecule has 0 aromatic carbocycles. The molecule has 4 nitrogen and oxygen atoms in total. The number of nitrogens with one attached hydrogen (secondary N) is 1. The number of carbonyl (C=O) groups is 1. The van der Waals surface area contributed by atoms with Crippen LogP contribution in [0.25, 0.3) is 0 Å². The molecular weight excluding hydrogens is 222 g/mol. The van der Waals surface area contributed by atoms with Crippen molar-refractivity contribution >= 4 is 17.2 Å². The van der Waals surface area contributed by atoms with Crippen molar-refractivity contribution in [3.63, 3.8) is 0 Å². The Bertz CT molecular complexity index is 431. The summed E-state index contributed by atoms with van der Waals surface area (Å²) in [5.41, 5.74) is -0.999. The summed E-state index contributed by atoms with van der Waals surface area (Å²) >= 11 is 1.55. The zero-order valence-electron chi connectivity index (χ0n) is 9.87. The molecule has 16 heavy (non-hydrogen) atoms. The Hall–Kier alpha value is -1.41. The van der Waals surface area contributed by atoms with Gasteiger partial charge >= 0.3 is 0 Å². The summed E-state index contributed by atoms with van der Waals surface area (Å²) in [6, 6.07) is 1.82. The second kappa shape index (κ2) is 4.62. The molecule has 1 rings (SSSR count). The summed E-state index contributed by atoms with van der Waals surface area (Å²) in [5.74, 6) is -0.268. The van der Waals surface area contributed by atoms with Gasteiger partial charge in [0.2, 0.25) is 5.91 Å². The molecule has 0 aliphatic rings. The SMILES string of the molecule is Cc1cnc(C(C)NC(=O)C(C)(C)C#N)s1. The number of rotatable bonds is 3. The lowest BCUT2D eigenvalue weighted by molar-refractivity contribution is -0.127. The number of hydrogen-bond acceptors (Lipinski definition) is 4. The maximum absolute atomic E-state index is 11.7. The first-order valence-corrected chi connectivity index (χ1v) is 5.83. The van der Waals surface area contributed by atoms with E-state index in [4.69, 9.17) is 5.26 Å². The van der Waals surface area contributed by atoms with Crippen molar-refractivity contribution in [3.8, 4) is 6.07 Å². The van der Waals surface area contributed by atoms with Gasteiger partial charge in [-0.2, -0.15) is 5.26 Å². The molecule has 1 aromatic rings. The predicted octanol–water partition coefficient (Wildman–Crippen LogP) is 2.18. The van der Waals surface area contributed by atoms with Gasteiger partial charge in [-0.05, 0) is 27.7 Å². The highest BCUT2D eigenvalue weighted by atomic mass is 32.1. The third-order valence-corrected chi connectivity index (χ3v) is 3.30. The van der Waals surface area contributed by atoms with Crippen LogP contribution in [0.1, 0.15) is 36.7 Å². The molecule has 0 saturated heterocycles. The summed E-state index contributed by atoms with van der Waals surface area (Å²) in [6.45, 7) is 7.03. The van der Waals surface area contributed by atoms with Gasteiger partial charge in [-0.15, -0.1) is 11.3 Å². The summed E-state index contributed by atoms with van der Waals surface area (Å²) < 4.78 is 0. The molecule has 0 aliphatic carbocycles. The maximum Gasteiger partial charge on any atom is 0.240 e. The van der Waals surface area contributed by atoms with Crippen LogP contribution in [-0.4, -0.2) is 10.9 Å². The number of nitrogens with zero attached hydrogens (tertiary/aromatic N) is 2. The van der Waals surface area contributed by atoms with Gasteiger partial charge in [0.15, 0.2) is 0 Å². The Morgan fingerprint density at radius 1 is 1.69 bits per heavy atom. The second-order valence-corrected chi connectivity index (χ2v) is 5.51. The van der Waals surface area contributed by atoms with E-state index in [-0.39, 0.29) is 11.9 Å². The topological polar surface area (TPSA) is 65.8 Å². The van der Waals surface area contributed by atoms with Crippen LogP contribution in [0.5, 0.6) is 0 Å². The lowest BCUT2D eigenvalue weighted by Gasteiger charge is -2.18. The van der Waals surface area contributed by atoms with E-state index in [1.165, 1.54) is 0 Å². The van der Waals surface area contributed by atoms with Crippen LogP contribution in [0.4, 0.5) is 0 Å². The largest absolute Gasteiger partial charge is 0.346 e. The Morgan fingerprint density at radius 3 is 2.75 bits per heavy atom. The molecule has 0 spiro atoms. The average molecular weight is 237 g/mol. The van der Waals surface area contributed by atoms with Crippen molar-refractivity contribution in [3.05, 3.63) is 16.1 Å². The molecule has 1 N–H and O–H groups in total. The van der Waals surface area contributed by atoms with Crippen molar-refractivity contribution < 1.29 is 4.79 Å². The van der Waals surface area contributed by atoms with Gasteiger partial charge in [0.1, 0.15) is 10.4 Å². The van der Waals surface area contributed by atoms with Gasteiger partial charge in [0.25, 0.3) is 0 Å². The molecule has 0 bridgehead atoms. The van der Waals surface area contributed by atoms with Gasteiger partial charge in [0.05, 0.1) is 12.1 Å². The van der Waals surface area contributed by atoms with E-state index >= 15 is 0 Å². The van der Waals surface area contributed by atoms with E-state index in [9.17, 15) is 4.79 Å². The van der Waals surface area contributed by atoms with Crippen molar-refractivity contribution in [1.29, 1.82) is 5.26 Å². The fourth-order valence-corrected chi connectivity index (χ4v) is 1.84. The number of nitriles is 1. The standard InChI is InChI=1S/C11H15N3OS/c1-7-5-13-9(16-7)8(2)14-10(15)11(3,4)6-12/h5,8H,1-4H3,(H,14,15). The predicted molar refractivity (Wildman–Crippen MR) is 62.8 cm³/mol. The van der Waals surface area contributed by atoms with Crippen LogP contribution in [0.3, 0.4) is 0 Å². The molecule has 1 amide bonds. The zero-order valence-corrected chi connectivity index (χ0v) is 10.7. The van der Waals surface area contributed by atoms with Gasteiger partial charge in [-0.25, -0.2) is 4.98 Å². The smallest absolute Gasteiger partial charge is 0.240 e. The van der Waals surface area contributed by atoms with Gasteiger partial charge in [-0.1, -0.05) is 0 Å². The molecular formula is C11H15N3OS. The van der Waals surface area contributed by atoms with E-state index in [1.807, 2.05) is 19.9 Å². The number of amides is 1. The number of aryl methyl sites for hydroxylation is 1. The van der Waals surface area contributed by atoms with Crippen molar-refractivity contribution in [2.24, 2.45) is 5.41 Å². The third kappa shape index (κ3) is 2.80. The monoisotopic (exact) mass is 237 g/mol. The minimum atomic E-state index is -0.999. The maximum atomic E-state index is 11.7. The highest BCUT2D eigenvalue weighted by Gasteiger charge is 2.28. The number of carbonyl (C=O) groups excluding carboxylic acids is 1. The number of aromatic nitrogens is 1. The van der Waals surface area contributed by atoms with Gasteiger partial charge in [0, 0.05) is 11.1 Å². The normalized spacial score (nSPS) is 12.9. The molecule has 1 atom stereocenters. The fourth-order valence-electron chi connectivity index (χ4n) is 1.06. The van der Waals surface area contributed by atoms with Crippen molar-refractivity contribution in [1.82, 2.24) is 10.3 Å². The van der Waals surface area contributed by atoms with E-state index in [2.05, 4.69) is 10.3 Å². The number of thiazole rings is 1. The molecule has 1 heterocycles. The van der Waals surface area contributed by atoms with Crippen LogP contribution < -0.4 is 5.32 Å². The molecule has 1 aromatic heterocycles. The second-order valence-electron chi connectivity index (χ2n) is 4.24. The number of hydrogen-bond donors (Lipinski definition) is 1. The third-order valence-electron chi connectivity index (χ3n) is 2.20. The minimum absolute atomic E-state index is 0.154. The van der Waals surface area contributed by atoms with Gasteiger partial charge < -0.3 is 5.32 Å². The molecule has 5 heteroatoms. The molecule has 0 radical (unpaired) electrons. The highest BCUT2D eigenvalue weighted by Crippen LogP contribution is 2.21. The molecule has 0 fully saturated rings. The first kappa shape index (κ1) is 12.7. The van der Waals surface area contributed by atoms with E-state index in [1.54, 1.807) is 31.4 Å². The van der Waals surface area contributed by atoms with E-state index < -0.39 is 5.41 Å². The van der Waals surface area contributed by atoms with Crippen molar-refractivity contribution in [2.45, 2.75) is 33.7 Å². The summed E-state index contributed by atoms with van der Waals surface area (Å²) in [7, 11) is 0. The van der Waals surface area contributed by atoms with Crippen LogP contribution in [0.15, 0.2) is 6.20 Å². The Kier molecular flexibility index (Phi) is 3.66. The summed E-state index contributed by atoms with van der Waals surface area (Å²) in [5, 5.41) is 12.5. The fraction of sp³-hybridized carbons (Fsp3) is 0.545. The minimum Gasteiger partial charge on any atom is -0.346 e. The molecule has 0 saturated carbocycles. The van der Waals surface area contributed by atoms with Crippen LogP contribution >= 0.6 is 11.3 Å². The van der Waals surface area contributed by atoms with Crippen LogP contribution in [0.2, 0.25) is 0 Å². The molecule has 86 valence electrons. The average Bonchev–Trinajstić information content (AvgIpc) is 2.64. The Labute approximate surface area is 99.3 Å².